The van der Waals surface area contributed by atoms with Crippen LogP contribution in [0.5, 0.6) is 0 Å². The van der Waals surface area contributed by atoms with E-state index in [4.69, 9.17) is 4.74 Å². The van der Waals surface area contributed by atoms with E-state index < -0.39 is 5.60 Å². The van der Waals surface area contributed by atoms with Gasteiger partial charge in [-0.3, -0.25) is 9.69 Å². The molecule has 1 aliphatic heterocycles. The minimum atomic E-state index is -0.895. The molecular weight excluding hydrogens is 280 g/mol. The van der Waals surface area contributed by atoms with Crippen molar-refractivity contribution in [3.8, 4) is 0 Å². The van der Waals surface area contributed by atoms with Gasteiger partial charge in [-0.2, -0.15) is 0 Å². The highest BCUT2D eigenvalue weighted by Gasteiger charge is 2.35. The Morgan fingerprint density at radius 2 is 1.82 bits per heavy atom. The number of hydrogen-bond acceptors (Lipinski definition) is 4. The lowest BCUT2D eigenvalue weighted by Gasteiger charge is -2.35. The number of nitrogens with zero attached hydrogens (tertiary/aromatic N) is 1. The third-order valence-electron chi connectivity index (χ3n) is 5.05. The second-order valence-electron chi connectivity index (χ2n) is 7.54. The largest absolute Gasteiger partial charge is 0.387 e. The summed E-state index contributed by atoms with van der Waals surface area (Å²) in [4.78, 5) is 14.8. The normalized spacial score (nSPS) is 26.0. The van der Waals surface area contributed by atoms with E-state index in [1.54, 1.807) is 6.92 Å². The molecule has 0 radical (unpaired) electrons. The van der Waals surface area contributed by atoms with E-state index >= 15 is 0 Å². The Bertz CT molecular complexity index is 357. The van der Waals surface area contributed by atoms with Crippen molar-refractivity contribution in [1.82, 2.24) is 10.2 Å². The standard InChI is InChI=1S/C17H32N2O3/c1-16(7-5-3-4-6-8-16)15(20)18-13-17(2,21)14-19-9-11-22-12-10-19/h21H,3-14H2,1-2H3,(H,18,20). The number of hydrogen-bond donors (Lipinski definition) is 2. The van der Waals surface area contributed by atoms with E-state index in [0.717, 1.165) is 52.0 Å². The van der Waals surface area contributed by atoms with Gasteiger partial charge in [0, 0.05) is 31.6 Å². The Balaban J connectivity index is 1.80. The summed E-state index contributed by atoms with van der Waals surface area (Å²) in [7, 11) is 0. The summed E-state index contributed by atoms with van der Waals surface area (Å²) < 4.78 is 5.32. The van der Waals surface area contributed by atoms with Crippen molar-refractivity contribution < 1.29 is 14.6 Å². The second-order valence-corrected chi connectivity index (χ2v) is 7.54. The van der Waals surface area contributed by atoms with Gasteiger partial charge in [0.1, 0.15) is 0 Å². The van der Waals surface area contributed by atoms with Gasteiger partial charge in [-0.15, -0.1) is 0 Å². The fourth-order valence-corrected chi connectivity index (χ4v) is 3.52. The van der Waals surface area contributed by atoms with Crippen molar-refractivity contribution in [3.05, 3.63) is 0 Å². The number of rotatable bonds is 5. The first-order chi connectivity index (χ1) is 10.4. The van der Waals surface area contributed by atoms with Gasteiger partial charge in [-0.25, -0.2) is 0 Å². The van der Waals surface area contributed by atoms with Crippen molar-refractivity contribution >= 4 is 5.91 Å². The van der Waals surface area contributed by atoms with Gasteiger partial charge in [-0.1, -0.05) is 32.6 Å². The van der Waals surface area contributed by atoms with Gasteiger partial charge in [0.15, 0.2) is 0 Å². The molecule has 1 heterocycles. The molecule has 1 unspecified atom stereocenters. The van der Waals surface area contributed by atoms with E-state index in [0.29, 0.717) is 13.1 Å². The Kier molecular flexibility index (Phi) is 6.24. The summed E-state index contributed by atoms with van der Waals surface area (Å²) in [6.45, 7) is 7.92. The monoisotopic (exact) mass is 312 g/mol. The van der Waals surface area contributed by atoms with Gasteiger partial charge in [0.25, 0.3) is 0 Å². The van der Waals surface area contributed by atoms with Crippen molar-refractivity contribution in [3.63, 3.8) is 0 Å². The molecule has 2 rings (SSSR count). The van der Waals surface area contributed by atoms with Crippen LogP contribution in [0.15, 0.2) is 0 Å². The molecule has 5 heteroatoms. The van der Waals surface area contributed by atoms with Crippen LogP contribution in [-0.4, -0.2) is 60.9 Å². The smallest absolute Gasteiger partial charge is 0.226 e. The highest BCUT2D eigenvalue weighted by Crippen LogP contribution is 2.34. The van der Waals surface area contributed by atoms with E-state index in [1.807, 2.05) is 0 Å². The molecule has 0 bridgehead atoms. The maximum atomic E-state index is 12.6. The molecule has 2 fully saturated rings. The zero-order chi connectivity index (χ0) is 16.1. The van der Waals surface area contributed by atoms with Gasteiger partial charge in [0.05, 0.1) is 18.8 Å². The van der Waals surface area contributed by atoms with Crippen LogP contribution in [0.2, 0.25) is 0 Å². The Hall–Kier alpha value is -0.650. The molecule has 2 aliphatic rings. The number of morpholine rings is 1. The lowest BCUT2D eigenvalue weighted by atomic mass is 9.81. The third-order valence-corrected chi connectivity index (χ3v) is 5.05. The highest BCUT2D eigenvalue weighted by atomic mass is 16.5. The highest BCUT2D eigenvalue weighted by molar-refractivity contribution is 5.82. The first-order valence-electron chi connectivity index (χ1n) is 8.72. The second kappa shape index (κ2) is 7.75. The number of ether oxygens (including phenoxy) is 1. The van der Waals surface area contributed by atoms with Crippen LogP contribution >= 0.6 is 0 Å². The summed E-state index contributed by atoms with van der Waals surface area (Å²) in [6.07, 6.45) is 6.66. The van der Waals surface area contributed by atoms with E-state index in [9.17, 15) is 9.90 Å². The fourth-order valence-electron chi connectivity index (χ4n) is 3.52. The summed E-state index contributed by atoms with van der Waals surface area (Å²) in [5, 5.41) is 13.6. The predicted octanol–water partition coefficient (Wildman–Crippen LogP) is 1.55. The van der Waals surface area contributed by atoms with Crippen LogP contribution in [0.1, 0.15) is 52.4 Å². The molecule has 1 saturated heterocycles. The van der Waals surface area contributed by atoms with E-state index in [2.05, 4.69) is 17.1 Å². The maximum absolute atomic E-state index is 12.6. The molecule has 22 heavy (non-hydrogen) atoms. The lowest BCUT2D eigenvalue weighted by Crippen LogP contribution is -2.53. The Morgan fingerprint density at radius 1 is 1.23 bits per heavy atom. The average molecular weight is 312 g/mol. The first-order valence-corrected chi connectivity index (χ1v) is 8.72. The van der Waals surface area contributed by atoms with E-state index in [-0.39, 0.29) is 11.3 Å². The fraction of sp³-hybridized carbons (Fsp3) is 0.941. The van der Waals surface area contributed by atoms with Gasteiger partial charge in [-0.05, 0) is 19.8 Å². The quantitative estimate of drug-likeness (QED) is 0.756. The van der Waals surface area contributed by atoms with Crippen molar-refractivity contribution in [2.45, 2.75) is 58.0 Å². The van der Waals surface area contributed by atoms with Crippen molar-refractivity contribution in [2.24, 2.45) is 5.41 Å². The van der Waals surface area contributed by atoms with Crippen LogP contribution in [0.4, 0.5) is 0 Å². The van der Waals surface area contributed by atoms with Crippen LogP contribution < -0.4 is 5.32 Å². The van der Waals surface area contributed by atoms with Gasteiger partial charge < -0.3 is 15.2 Å². The van der Waals surface area contributed by atoms with Crippen molar-refractivity contribution in [2.75, 3.05) is 39.4 Å². The Labute approximate surface area is 134 Å². The van der Waals surface area contributed by atoms with Crippen LogP contribution in [-0.2, 0) is 9.53 Å². The molecule has 2 N–H and O–H groups in total. The number of carbonyl (C=O) groups is 1. The number of aliphatic hydroxyl groups is 1. The zero-order valence-corrected chi connectivity index (χ0v) is 14.2. The van der Waals surface area contributed by atoms with Crippen LogP contribution in [0.25, 0.3) is 0 Å². The molecule has 0 spiro atoms. The topological polar surface area (TPSA) is 61.8 Å². The Morgan fingerprint density at radius 3 is 2.41 bits per heavy atom. The molecule has 1 aliphatic carbocycles. The summed E-state index contributed by atoms with van der Waals surface area (Å²) >= 11 is 0. The van der Waals surface area contributed by atoms with Gasteiger partial charge in [0.2, 0.25) is 5.91 Å². The third kappa shape index (κ3) is 5.21. The van der Waals surface area contributed by atoms with Gasteiger partial charge >= 0.3 is 0 Å². The number of carbonyl (C=O) groups excluding carboxylic acids is 1. The minimum Gasteiger partial charge on any atom is -0.387 e. The molecule has 0 aromatic heterocycles. The zero-order valence-electron chi connectivity index (χ0n) is 14.2. The first kappa shape index (κ1) is 17.7. The summed E-state index contributed by atoms with van der Waals surface area (Å²) in [5.74, 6) is 0.108. The lowest BCUT2D eigenvalue weighted by molar-refractivity contribution is -0.132. The summed E-state index contributed by atoms with van der Waals surface area (Å²) in [6, 6.07) is 0. The molecule has 5 nitrogen and oxygen atoms in total. The molecule has 0 aromatic carbocycles. The van der Waals surface area contributed by atoms with Crippen LogP contribution in [0, 0.1) is 5.41 Å². The number of nitrogens with one attached hydrogen (secondary N) is 1. The SMILES string of the molecule is CC(O)(CNC(=O)C1(C)CCCCCC1)CN1CCOCC1. The molecule has 0 aromatic rings. The summed E-state index contributed by atoms with van der Waals surface area (Å²) in [5.41, 5.74) is -1.15. The number of amides is 1. The maximum Gasteiger partial charge on any atom is 0.226 e. The van der Waals surface area contributed by atoms with E-state index in [1.165, 1.54) is 12.8 Å². The predicted molar refractivity (Wildman–Crippen MR) is 86.7 cm³/mol. The molecule has 1 saturated carbocycles. The average Bonchev–Trinajstić information content (AvgIpc) is 2.71. The van der Waals surface area contributed by atoms with Crippen LogP contribution in [0.3, 0.4) is 0 Å². The minimum absolute atomic E-state index is 0.108. The number of β-amino-alcohol motifs (C(OH)–C–C–N with tert-alkyl or cyclic N) is 1. The van der Waals surface area contributed by atoms with Crippen molar-refractivity contribution in [1.29, 1.82) is 0 Å². The molecule has 1 atom stereocenters. The molecule has 1 amide bonds. The molecule has 128 valence electrons. The molecular formula is C17H32N2O3.